The lowest BCUT2D eigenvalue weighted by atomic mass is 10.1. The van der Waals surface area contributed by atoms with E-state index in [1.165, 1.54) is 6.08 Å². The molecule has 1 unspecified atom stereocenters. The molecule has 0 spiro atoms. The predicted molar refractivity (Wildman–Crippen MR) is 65.1 cm³/mol. The number of carboxylic acid groups (broad SMARTS) is 1. The van der Waals surface area contributed by atoms with Crippen molar-refractivity contribution in [3.8, 4) is 0 Å². The van der Waals surface area contributed by atoms with E-state index >= 15 is 0 Å². The molecule has 0 saturated heterocycles. The van der Waals surface area contributed by atoms with E-state index in [0.29, 0.717) is 0 Å². The molecular formula is C12H15F3N2O3. The van der Waals surface area contributed by atoms with Gasteiger partial charge in [-0.15, -0.1) is 6.58 Å². The second-order valence-electron chi connectivity index (χ2n) is 4.29. The first-order valence-electron chi connectivity index (χ1n) is 5.91. The van der Waals surface area contributed by atoms with Crippen LogP contribution < -0.4 is 5.32 Å². The van der Waals surface area contributed by atoms with Crippen LogP contribution in [0.4, 0.5) is 18.0 Å². The lowest BCUT2D eigenvalue weighted by molar-refractivity contribution is -0.139. The summed E-state index contributed by atoms with van der Waals surface area (Å²) < 4.78 is 37.2. The van der Waals surface area contributed by atoms with Gasteiger partial charge in [0.2, 0.25) is 0 Å². The van der Waals surface area contributed by atoms with E-state index in [9.17, 15) is 22.8 Å². The average molecular weight is 292 g/mol. The van der Waals surface area contributed by atoms with E-state index in [0.717, 1.165) is 11.0 Å². The Kier molecular flexibility index (Phi) is 5.18. The van der Waals surface area contributed by atoms with Gasteiger partial charge in [0.25, 0.3) is 0 Å². The molecule has 0 aromatic heterocycles. The Labute approximate surface area is 113 Å². The Balaban J connectivity index is 2.60. The van der Waals surface area contributed by atoms with Crippen LogP contribution >= 0.6 is 0 Å². The Morgan fingerprint density at radius 1 is 1.55 bits per heavy atom. The molecule has 0 aliphatic carbocycles. The molecule has 112 valence electrons. The topological polar surface area (TPSA) is 69.6 Å². The fourth-order valence-corrected chi connectivity index (χ4v) is 1.74. The lowest BCUT2D eigenvalue weighted by Crippen LogP contribution is -2.49. The number of carbonyl (C=O) groups is 2. The van der Waals surface area contributed by atoms with E-state index < -0.39 is 29.8 Å². The summed E-state index contributed by atoms with van der Waals surface area (Å²) >= 11 is 0. The number of halogens is 3. The minimum Gasteiger partial charge on any atom is -0.480 e. The number of alkyl halides is 3. The summed E-state index contributed by atoms with van der Waals surface area (Å²) in [4.78, 5) is 23.7. The molecule has 0 aromatic rings. The molecule has 0 saturated carbocycles. The summed E-state index contributed by atoms with van der Waals surface area (Å²) in [7, 11) is 0. The van der Waals surface area contributed by atoms with Gasteiger partial charge in [0.1, 0.15) is 6.04 Å². The Morgan fingerprint density at radius 2 is 2.20 bits per heavy atom. The quantitative estimate of drug-likeness (QED) is 0.778. The molecular weight excluding hydrogens is 277 g/mol. The van der Waals surface area contributed by atoms with Gasteiger partial charge in [-0.1, -0.05) is 12.2 Å². The van der Waals surface area contributed by atoms with Gasteiger partial charge in [-0.3, -0.25) is 0 Å². The van der Waals surface area contributed by atoms with Gasteiger partial charge in [-0.05, 0) is 12.8 Å². The van der Waals surface area contributed by atoms with Gasteiger partial charge >= 0.3 is 18.2 Å². The van der Waals surface area contributed by atoms with E-state index in [-0.39, 0.29) is 25.9 Å². The highest BCUT2D eigenvalue weighted by Gasteiger charge is 2.35. The van der Waals surface area contributed by atoms with Crippen molar-refractivity contribution in [3.05, 3.63) is 24.3 Å². The Hall–Kier alpha value is -1.99. The van der Waals surface area contributed by atoms with Crippen LogP contribution in [0.3, 0.4) is 0 Å². The predicted octanol–water partition coefficient (Wildman–Crippen LogP) is 1.92. The fraction of sp³-hybridized carbons (Fsp3) is 0.500. The molecule has 1 aliphatic heterocycles. The number of nitrogens with zero attached hydrogens (tertiary/aromatic N) is 1. The van der Waals surface area contributed by atoms with Gasteiger partial charge in [0.05, 0.1) is 0 Å². The van der Waals surface area contributed by atoms with Crippen molar-refractivity contribution in [1.82, 2.24) is 10.2 Å². The van der Waals surface area contributed by atoms with Crippen LogP contribution in [0.25, 0.3) is 0 Å². The first kappa shape index (κ1) is 16.1. The van der Waals surface area contributed by atoms with Crippen molar-refractivity contribution in [2.45, 2.75) is 25.1 Å². The number of hydrogen-bond acceptors (Lipinski definition) is 2. The molecule has 5 nitrogen and oxygen atoms in total. The van der Waals surface area contributed by atoms with Crippen LogP contribution in [0.1, 0.15) is 12.8 Å². The minimum atomic E-state index is -4.38. The number of nitrogens with one attached hydrogen (secondary N) is 1. The molecule has 0 radical (unpaired) electrons. The van der Waals surface area contributed by atoms with Gasteiger partial charge in [-0.2, -0.15) is 13.2 Å². The lowest BCUT2D eigenvalue weighted by Gasteiger charge is -2.28. The maximum Gasteiger partial charge on any atom is 0.412 e. The zero-order chi connectivity index (χ0) is 15.3. The van der Waals surface area contributed by atoms with Crippen LogP contribution in [0, 0.1) is 0 Å². The smallest absolute Gasteiger partial charge is 0.412 e. The summed E-state index contributed by atoms with van der Waals surface area (Å²) in [5, 5.41) is 11.1. The molecule has 1 heterocycles. The largest absolute Gasteiger partial charge is 0.480 e. The summed E-state index contributed by atoms with van der Waals surface area (Å²) in [6.45, 7) is 3.08. The Morgan fingerprint density at radius 3 is 2.60 bits per heavy atom. The maximum atomic E-state index is 12.4. The van der Waals surface area contributed by atoms with Crippen molar-refractivity contribution in [2.24, 2.45) is 0 Å². The van der Waals surface area contributed by atoms with Crippen LogP contribution in [0.2, 0.25) is 0 Å². The second-order valence-corrected chi connectivity index (χ2v) is 4.29. The number of rotatable bonds is 4. The molecule has 0 bridgehead atoms. The number of amides is 2. The fourth-order valence-electron chi connectivity index (χ4n) is 1.74. The summed E-state index contributed by atoms with van der Waals surface area (Å²) in [5.41, 5.74) is -0.664. The van der Waals surface area contributed by atoms with E-state index in [4.69, 9.17) is 5.11 Å². The van der Waals surface area contributed by atoms with Crippen molar-refractivity contribution < 1.29 is 27.9 Å². The highest BCUT2D eigenvalue weighted by molar-refractivity contribution is 5.82. The molecule has 1 aliphatic rings. The van der Waals surface area contributed by atoms with Gasteiger partial charge in [-0.25, -0.2) is 9.59 Å². The third kappa shape index (κ3) is 4.29. The first-order chi connectivity index (χ1) is 9.25. The van der Waals surface area contributed by atoms with E-state index in [1.54, 1.807) is 0 Å². The number of carbonyl (C=O) groups excluding carboxylic acids is 1. The molecule has 2 amide bonds. The van der Waals surface area contributed by atoms with Crippen LogP contribution in [0.5, 0.6) is 0 Å². The summed E-state index contributed by atoms with van der Waals surface area (Å²) in [6.07, 6.45) is -2.35. The van der Waals surface area contributed by atoms with Crippen molar-refractivity contribution in [3.63, 3.8) is 0 Å². The van der Waals surface area contributed by atoms with Crippen molar-refractivity contribution in [2.75, 3.05) is 13.1 Å². The van der Waals surface area contributed by atoms with Crippen molar-refractivity contribution >= 4 is 12.0 Å². The average Bonchev–Trinajstić information content (AvgIpc) is 2.37. The van der Waals surface area contributed by atoms with Crippen molar-refractivity contribution in [1.29, 1.82) is 0 Å². The van der Waals surface area contributed by atoms with Crippen LogP contribution in [0.15, 0.2) is 24.3 Å². The van der Waals surface area contributed by atoms with Crippen LogP contribution in [-0.4, -0.2) is 47.3 Å². The first-order valence-corrected chi connectivity index (χ1v) is 5.91. The Bertz CT molecular complexity index is 432. The van der Waals surface area contributed by atoms with Crippen LogP contribution in [-0.2, 0) is 4.79 Å². The zero-order valence-electron chi connectivity index (χ0n) is 10.6. The second kappa shape index (κ2) is 6.44. The number of carboxylic acids is 1. The van der Waals surface area contributed by atoms with E-state index in [1.807, 2.05) is 0 Å². The molecule has 0 fully saturated rings. The third-order valence-electron chi connectivity index (χ3n) is 2.86. The normalized spacial score (nSPS) is 17.1. The molecule has 0 aromatic carbocycles. The summed E-state index contributed by atoms with van der Waals surface area (Å²) in [5.74, 6) is -1.22. The monoisotopic (exact) mass is 292 g/mol. The minimum absolute atomic E-state index is 0.0402. The maximum absolute atomic E-state index is 12.4. The SMILES string of the molecule is C=CCC(NC(=O)N1CC=C(C(F)(F)F)CC1)C(=O)O. The standard InChI is InChI=1S/C12H15F3N2O3/c1-2-3-9(10(18)19)16-11(20)17-6-4-8(5-7-17)12(13,14)15/h2,4,9H,1,3,5-7H2,(H,16,20)(H,18,19). The summed E-state index contributed by atoms with van der Waals surface area (Å²) in [6, 6.07) is -1.83. The molecule has 1 atom stereocenters. The van der Waals surface area contributed by atoms with Gasteiger partial charge < -0.3 is 15.3 Å². The van der Waals surface area contributed by atoms with Gasteiger partial charge in [0.15, 0.2) is 0 Å². The molecule has 8 heteroatoms. The number of hydrogen-bond donors (Lipinski definition) is 2. The molecule has 20 heavy (non-hydrogen) atoms. The van der Waals surface area contributed by atoms with E-state index in [2.05, 4.69) is 11.9 Å². The highest BCUT2D eigenvalue weighted by atomic mass is 19.4. The molecule has 1 rings (SSSR count). The highest BCUT2D eigenvalue weighted by Crippen LogP contribution is 2.30. The van der Waals surface area contributed by atoms with Gasteiger partial charge in [0, 0.05) is 18.7 Å². The zero-order valence-corrected chi connectivity index (χ0v) is 10.6. The third-order valence-corrected chi connectivity index (χ3v) is 2.86. The number of aliphatic carboxylic acids is 1. The molecule has 2 N–H and O–H groups in total. The number of urea groups is 1.